The Balaban J connectivity index is 0.000000235. The molecule has 0 saturated carbocycles. The number of nitrogens with one attached hydrogen (secondary N) is 1. The average molecular weight is 345 g/mol. The van der Waals surface area contributed by atoms with Crippen molar-refractivity contribution in [3.8, 4) is 0 Å². The standard InChI is InChI=1S/C7H6O5S.C6H7ClN2/c8-7(9)5-2-1-3-6(4-5)13(10,11)12;7-5-3-1-2-4-6(5)9-8/h1-4H,(H,8,9)(H,10,11,12);1-4,9H,8H2. The molecule has 5 N–H and O–H groups in total. The molecule has 7 nitrogen and oxygen atoms in total. The van der Waals surface area contributed by atoms with Crippen LogP contribution in [0.2, 0.25) is 5.02 Å². The van der Waals surface area contributed by atoms with Gasteiger partial charge >= 0.3 is 5.97 Å². The van der Waals surface area contributed by atoms with Gasteiger partial charge in [0.15, 0.2) is 0 Å². The summed E-state index contributed by atoms with van der Waals surface area (Å²) in [5, 5.41) is 9.14. The zero-order chi connectivity index (χ0) is 16.8. The Morgan fingerprint density at radius 2 is 1.77 bits per heavy atom. The first-order chi connectivity index (χ1) is 10.3. The monoisotopic (exact) mass is 344 g/mol. The largest absolute Gasteiger partial charge is 0.478 e. The van der Waals surface area contributed by atoms with Crippen LogP contribution < -0.4 is 11.3 Å². The Bertz CT molecular complexity index is 765. The molecule has 0 atom stereocenters. The molecule has 0 fully saturated rings. The molecule has 9 heteroatoms. The minimum Gasteiger partial charge on any atom is -0.478 e. The fourth-order valence-electron chi connectivity index (χ4n) is 1.37. The van der Waals surface area contributed by atoms with Gasteiger partial charge in [-0.05, 0) is 30.3 Å². The number of halogens is 1. The number of hydrogen-bond donors (Lipinski definition) is 4. The number of rotatable bonds is 3. The highest BCUT2D eigenvalue weighted by atomic mass is 35.5. The van der Waals surface area contributed by atoms with Crippen LogP contribution in [0.1, 0.15) is 10.4 Å². The summed E-state index contributed by atoms with van der Waals surface area (Å²) < 4.78 is 29.7. The van der Waals surface area contributed by atoms with Crippen molar-refractivity contribution in [2.24, 2.45) is 5.84 Å². The van der Waals surface area contributed by atoms with Crippen molar-refractivity contribution in [3.63, 3.8) is 0 Å². The van der Waals surface area contributed by atoms with Gasteiger partial charge in [0.05, 0.1) is 21.2 Å². The van der Waals surface area contributed by atoms with Crippen molar-refractivity contribution in [2.45, 2.75) is 4.90 Å². The lowest BCUT2D eigenvalue weighted by atomic mass is 10.2. The molecule has 0 radical (unpaired) electrons. The molecule has 0 aliphatic carbocycles. The minimum atomic E-state index is -4.32. The Labute approximate surface area is 132 Å². The van der Waals surface area contributed by atoms with Gasteiger partial charge in [0.25, 0.3) is 10.1 Å². The summed E-state index contributed by atoms with van der Waals surface area (Å²) in [5.41, 5.74) is 3.03. The molecule has 0 amide bonds. The average Bonchev–Trinajstić information content (AvgIpc) is 2.47. The number of benzene rings is 2. The zero-order valence-electron chi connectivity index (χ0n) is 11.1. The van der Waals surface area contributed by atoms with Crippen LogP contribution in [0.15, 0.2) is 53.4 Å². The topological polar surface area (TPSA) is 130 Å². The Morgan fingerprint density at radius 3 is 2.23 bits per heavy atom. The molecule has 0 aliphatic heterocycles. The van der Waals surface area contributed by atoms with Gasteiger partial charge in [-0.2, -0.15) is 8.42 Å². The van der Waals surface area contributed by atoms with Crippen LogP contribution in [0.3, 0.4) is 0 Å². The Morgan fingerprint density at radius 1 is 1.14 bits per heavy atom. The summed E-state index contributed by atoms with van der Waals surface area (Å²) in [5.74, 6) is 3.87. The van der Waals surface area contributed by atoms with E-state index in [0.29, 0.717) is 5.02 Å². The molecule has 0 saturated heterocycles. The van der Waals surface area contributed by atoms with Crippen LogP contribution in [-0.2, 0) is 10.1 Å². The molecule has 0 bridgehead atoms. The third kappa shape index (κ3) is 5.34. The molecular weight excluding hydrogens is 332 g/mol. The van der Waals surface area contributed by atoms with Crippen LogP contribution in [0.4, 0.5) is 5.69 Å². The molecule has 0 heterocycles. The Hall–Kier alpha value is -2.13. The quantitative estimate of drug-likeness (QED) is 0.381. The summed E-state index contributed by atoms with van der Waals surface area (Å²) in [7, 11) is -4.32. The fraction of sp³-hybridized carbons (Fsp3) is 0. The molecule has 0 spiro atoms. The molecule has 0 aromatic heterocycles. The minimum absolute atomic E-state index is 0.185. The molecule has 118 valence electrons. The van der Waals surface area contributed by atoms with E-state index in [2.05, 4.69) is 5.43 Å². The first-order valence-electron chi connectivity index (χ1n) is 5.77. The first-order valence-corrected chi connectivity index (χ1v) is 7.59. The summed E-state index contributed by atoms with van der Waals surface area (Å²) in [4.78, 5) is 9.98. The molecule has 2 aromatic rings. The van der Waals surface area contributed by atoms with Crippen molar-refractivity contribution < 1.29 is 22.9 Å². The third-order valence-corrected chi connectivity index (χ3v) is 3.59. The second kappa shape index (κ2) is 7.76. The number of aromatic carboxylic acids is 1. The zero-order valence-corrected chi connectivity index (χ0v) is 12.7. The number of hydrogen-bond acceptors (Lipinski definition) is 5. The first kappa shape index (κ1) is 17.9. The lowest BCUT2D eigenvalue weighted by Crippen LogP contribution is -2.06. The molecular formula is C13H13ClN2O5S. The van der Waals surface area contributed by atoms with Crippen molar-refractivity contribution in [1.29, 1.82) is 0 Å². The van der Waals surface area contributed by atoms with Crippen LogP contribution in [0.5, 0.6) is 0 Å². The Kier molecular flexibility index (Phi) is 6.32. The number of anilines is 1. The van der Waals surface area contributed by atoms with E-state index in [-0.39, 0.29) is 5.56 Å². The van der Waals surface area contributed by atoms with Crippen molar-refractivity contribution in [2.75, 3.05) is 5.43 Å². The van der Waals surface area contributed by atoms with E-state index >= 15 is 0 Å². The number of hydrazine groups is 1. The van der Waals surface area contributed by atoms with E-state index in [9.17, 15) is 13.2 Å². The lowest BCUT2D eigenvalue weighted by Gasteiger charge is -1.99. The van der Waals surface area contributed by atoms with Crippen molar-refractivity contribution >= 4 is 33.4 Å². The smallest absolute Gasteiger partial charge is 0.335 e. The third-order valence-electron chi connectivity index (χ3n) is 2.41. The molecule has 0 unspecified atom stereocenters. The molecule has 2 aromatic carbocycles. The second-order valence-electron chi connectivity index (χ2n) is 3.93. The number of carboxylic acid groups (broad SMARTS) is 1. The number of para-hydroxylation sites is 1. The highest BCUT2D eigenvalue weighted by Gasteiger charge is 2.11. The van der Waals surface area contributed by atoms with Gasteiger partial charge in [-0.3, -0.25) is 10.4 Å². The summed E-state index contributed by atoms with van der Waals surface area (Å²) in [6.45, 7) is 0. The predicted octanol–water partition coefficient (Wildman–Crippen LogP) is 2.26. The SMILES string of the molecule is NNc1ccccc1Cl.O=C(O)c1cccc(S(=O)(=O)O)c1. The van der Waals surface area contributed by atoms with Gasteiger partial charge in [-0.1, -0.05) is 29.8 Å². The van der Waals surface area contributed by atoms with Crippen LogP contribution >= 0.6 is 11.6 Å². The summed E-state index contributed by atoms with van der Waals surface area (Å²) >= 11 is 5.68. The van der Waals surface area contributed by atoms with Crippen molar-refractivity contribution in [3.05, 3.63) is 59.1 Å². The van der Waals surface area contributed by atoms with Gasteiger partial charge in [0.2, 0.25) is 0 Å². The maximum Gasteiger partial charge on any atom is 0.335 e. The lowest BCUT2D eigenvalue weighted by molar-refractivity contribution is 0.0696. The highest BCUT2D eigenvalue weighted by molar-refractivity contribution is 7.85. The van der Waals surface area contributed by atoms with Crippen LogP contribution in [0.25, 0.3) is 0 Å². The van der Waals surface area contributed by atoms with Crippen LogP contribution in [-0.4, -0.2) is 24.0 Å². The number of nitrogen functional groups attached to an aromatic ring is 1. The van der Waals surface area contributed by atoms with Gasteiger partial charge in [-0.15, -0.1) is 0 Å². The van der Waals surface area contributed by atoms with Crippen molar-refractivity contribution in [1.82, 2.24) is 0 Å². The van der Waals surface area contributed by atoms with E-state index in [1.165, 1.54) is 12.1 Å². The predicted molar refractivity (Wildman–Crippen MR) is 82.5 cm³/mol. The second-order valence-corrected chi connectivity index (χ2v) is 5.76. The maximum atomic E-state index is 10.6. The van der Waals surface area contributed by atoms with E-state index in [1.807, 2.05) is 18.2 Å². The summed E-state index contributed by atoms with van der Waals surface area (Å²) in [6.07, 6.45) is 0. The maximum absolute atomic E-state index is 10.6. The van der Waals surface area contributed by atoms with E-state index < -0.39 is 21.0 Å². The molecule has 22 heavy (non-hydrogen) atoms. The van der Waals surface area contributed by atoms with E-state index in [1.54, 1.807) is 6.07 Å². The normalized spacial score (nSPS) is 10.3. The van der Waals surface area contributed by atoms with Gasteiger partial charge < -0.3 is 10.5 Å². The molecule has 0 aliphatic rings. The van der Waals surface area contributed by atoms with E-state index in [0.717, 1.165) is 17.8 Å². The highest BCUT2D eigenvalue weighted by Crippen LogP contribution is 2.18. The van der Waals surface area contributed by atoms with Gasteiger partial charge in [-0.25, -0.2) is 4.79 Å². The number of carbonyl (C=O) groups is 1. The fourth-order valence-corrected chi connectivity index (χ4v) is 2.08. The van der Waals surface area contributed by atoms with Gasteiger partial charge in [0.1, 0.15) is 0 Å². The van der Waals surface area contributed by atoms with Crippen LogP contribution in [0, 0.1) is 0 Å². The number of nitrogens with two attached hydrogens (primary N) is 1. The van der Waals surface area contributed by atoms with Gasteiger partial charge in [0, 0.05) is 0 Å². The number of carboxylic acids is 1. The summed E-state index contributed by atoms with van der Waals surface area (Å²) in [6, 6.07) is 11.8. The molecule has 2 rings (SSSR count). The van der Waals surface area contributed by atoms with E-state index in [4.69, 9.17) is 27.1 Å².